The van der Waals surface area contributed by atoms with Gasteiger partial charge in [-0.05, 0) is 49.6 Å². The zero-order valence-corrected chi connectivity index (χ0v) is 19.1. The predicted octanol–water partition coefficient (Wildman–Crippen LogP) is 5.09. The van der Waals surface area contributed by atoms with Crippen molar-refractivity contribution in [3.8, 4) is 5.69 Å². The van der Waals surface area contributed by atoms with Crippen molar-refractivity contribution in [2.24, 2.45) is 5.92 Å². The van der Waals surface area contributed by atoms with Crippen LogP contribution in [0.1, 0.15) is 29.7 Å². The number of benzene rings is 2. The molecular weight excluding hydrogens is 457 g/mol. The second-order valence-corrected chi connectivity index (χ2v) is 8.46. The molecule has 6 nitrogen and oxygen atoms in total. The number of hydrogen-bond acceptors (Lipinski definition) is 3. The van der Waals surface area contributed by atoms with E-state index in [9.17, 15) is 22.8 Å². The summed E-state index contributed by atoms with van der Waals surface area (Å²) in [7, 11) is 0. The lowest BCUT2D eigenvalue weighted by molar-refractivity contribution is -0.137. The Kier molecular flexibility index (Phi) is 7.04. The minimum atomic E-state index is -4.48. The molecule has 2 heterocycles. The molecule has 1 aromatic heterocycles. The molecule has 1 aliphatic heterocycles. The Bertz CT molecular complexity index is 1230. The van der Waals surface area contributed by atoms with Crippen molar-refractivity contribution in [2.45, 2.75) is 25.9 Å². The van der Waals surface area contributed by atoms with E-state index in [1.54, 1.807) is 24.0 Å². The molecule has 1 N–H and O–H groups in total. The highest BCUT2D eigenvalue weighted by Gasteiger charge is 2.31. The van der Waals surface area contributed by atoms with Gasteiger partial charge in [0.05, 0.1) is 16.9 Å². The van der Waals surface area contributed by atoms with E-state index in [2.05, 4.69) is 10.4 Å². The molecule has 2 aromatic carbocycles. The minimum absolute atomic E-state index is 0.106. The number of halogens is 3. The standard InChI is InChI=1S/C26H25F3N4O2/c1-18-16-23(33(31-18)22-9-5-8-21(17-22)26(27,28)29)30-25(35)20-12-14-32(15-13-20)24(34)11-10-19-6-3-2-4-7-19/h2-11,16-17,20H,12-15H2,1H3,(H,30,35)/b11-10+. The lowest BCUT2D eigenvalue weighted by atomic mass is 9.96. The molecule has 182 valence electrons. The summed E-state index contributed by atoms with van der Waals surface area (Å²) >= 11 is 0. The van der Waals surface area contributed by atoms with Crippen LogP contribution in [0.2, 0.25) is 0 Å². The maximum absolute atomic E-state index is 13.1. The molecule has 0 bridgehead atoms. The zero-order valence-electron chi connectivity index (χ0n) is 19.1. The van der Waals surface area contributed by atoms with E-state index >= 15 is 0 Å². The maximum atomic E-state index is 13.1. The van der Waals surface area contributed by atoms with E-state index in [0.717, 1.165) is 17.7 Å². The Balaban J connectivity index is 1.38. The Hall–Kier alpha value is -3.88. The zero-order chi connectivity index (χ0) is 25.0. The summed E-state index contributed by atoms with van der Waals surface area (Å²) in [5.74, 6) is -0.366. The van der Waals surface area contributed by atoms with Crippen LogP contribution in [-0.4, -0.2) is 39.6 Å². The third-order valence-electron chi connectivity index (χ3n) is 5.90. The number of rotatable bonds is 5. The number of carbonyl (C=O) groups is 2. The van der Waals surface area contributed by atoms with Crippen molar-refractivity contribution in [1.29, 1.82) is 0 Å². The van der Waals surface area contributed by atoms with E-state index in [-0.39, 0.29) is 23.4 Å². The topological polar surface area (TPSA) is 67.2 Å². The fourth-order valence-corrected chi connectivity index (χ4v) is 4.03. The highest BCUT2D eigenvalue weighted by Crippen LogP contribution is 2.31. The Morgan fingerprint density at radius 1 is 1.03 bits per heavy atom. The van der Waals surface area contributed by atoms with Crippen molar-refractivity contribution in [1.82, 2.24) is 14.7 Å². The molecular formula is C26H25F3N4O2. The molecule has 2 amide bonds. The third-order valence-corrected chi connectivity index (χ3v) is 5.90. The first-order valence-electron chi connectivity index (χ1n) is 11.3. The van der Waals surface area contributed by atoms with Crippen LogP contribution in [-0.2, 0) is 15.8 Å². The Morgan fingerprint density at radius 2 is 1.74 bits per heavy atom. The lowest BCUT2D eigenvalue weighted by Crippen LogP contribution is -2.40. The van der Waals surface area contributed by atoms with Crippen molar-refractivity contribution in [2.75, 3.05) is 18.4 Å². The molecule has 0 spiro atoms. The summed E-state index contributed by atoms with van der Waals surface area (Å²) in [6, 6.07) is 15.9. The molecule has 0 aliphatic carbocycles. The van der Waals surface area contributed by atoms with Crippen LogP contribution in [0.3, 0.4) is 0 Å². The molecule has 0 atom stereocenters. The summed E-state index contributed by atoms with van der Waals surface area (Å²) < 4.78 is 40.7. The Labute approximate surface area is 201 Å². The van der Waals surface area contributed by atoms with E-state index in [4.69, 9.17) is 0 Å². The first-order valence-corrected chi connectivity index (χ1v) is 11.3. The highest BCUT2D eigenvalue weighted by molar-refractivity contribution is 5.93. The van der Waals surface area contributed by atoms with Crippen LogP contribution in [0.4, 0.5) is 19.0 Å². The number of likely N-dealkylation sites (tertiary alicyclic amines) is 1. The second kappa shape index (κ2) is 10.2. The van der Waals surface area contributed by atoms with Crippen molar-refractivity contribution >= 4 is 23.7 Å². The average Bonchev–Trinajstić information content (AvgIpc) is 3.22. The van der Waals surface area contributed by atoms with Gasteiger partial charge >= 0.3 is 6.18 Å². The largest absolute Gasteiger partial charge is 0.416 e. The first kappa shape index (κ1) is 24.3. The molecule has 1 aliphatic rings. The van der Waals surface area contributed by atoms with E-state index in [1.807, 2.05) is 30.3 Å². The lowest BCUT2D eigenvalue weighted by Gasteiger charge is -2.30. The summed E-state index contributed by atoms with van der Waals surface area (Å²) in [5.41, 5.74) is 0.902. The van der Waals surface area contributed by atoms with Crippen LogP contribution < -0.4 is 5.32 Å². The molecule has 35 heavy (non-hydrogen) atoms. The van der Waals surface area contributed by atoms with Crippen LogP contribution in [0.25, 0.3) is 11.8 Å². The van der Waals surface area contributed by atoms with Crippen LogP contribution in [0.5, 0.6) is 0 Å². The van der Waals surface area contributed by atoms with Crippen molar-refractivity contribution in [3.63, 3.8) is 0 Å². The molecule has 9 heteroatoms. The van der Waals surface area contributed by atoms with Gasteiger partial charge in [-0.2, -0.15) is 18.3 Å². The molecule has 0 unspecified atom stereocenters. The fourth-order valence-electron chi connectivity index (χ4n) is 4.03. The van der Waals surface area contributed by atoms with Crippen LogP contribution in [0.15, 0.2) is 66.7 Å². The molecule has 1 saturated heterocycles. The number of alkyl halides is 3. The van der Waals surface area contributed by atoms with Gasteiger partial charge in [0, 0.05) is 31.1 Å². The number of aromatic nitrogens is 2. The van der Waals surface area contributed by atoms with Gasteiger partial charge in [-0.3, -0.25) is 9.59 Å². The number of nitrogens with one attached hydrogen (secondary N) is 1. The van der Waals surface area contributed by atoms with Gasteiger partial charge in [0.15, 0.2) is 0 Å². The normalized spacial score (nSPS) is 14.9. The predicted molar refractivity (Wildman–Crippen MR) is 127 cm³/mol. The van der Waals surface area contributed by atoms with Gasteiger partial charge in [0.1, 0.15) is 5.82 Å². The van der Waals surface area contributed by atoms with Gasteiger partial charge in [0.25, 0.3) is 0 Å². The molecule has 1 fully saturated rings. The monoisotopic (exact) mass is 482 g/mol. The summed E-state index contributed by atoms with van der Waals surface area (Å²) in [4.78, 5) is 27.1. The first-order chi connectivity index (χ1) is 16.7. The van der Waals surface area contributed by atoms with Gasteiger partial charge in [0.2, 0.25) is 11.8 Å². The number of hydrogen-bond donors (Lipinski definition) is 1. The smallest absolute Gasteiger partial charge is 0.339 e. The Morgan fingerprint density at radius 3 is 2.43 bits per heavy atom. The molecule has 3 aromatic rings. The number of nitrogens with zero attached hydrogens (tertiary/aromatic N) is 3. The van der Waals surface area contributed by atoms with Crippen LogP contribution in [0, 0.1) is 12.8 Å². The van der Waals surface area contributed by atoms with Crippen LogP contribution >= 0.6 is 0 Å². The summed E-state index contributed by atoms with van der Waals surface area (Å²) in [6.07, 6.45) is -0.200. The highest BCUT2D eigenvalue weighted by atomic mass is 19.4. The van der Waals surface area contributed by atoms with E-state index < -0.39 is 11.7 Å². The quantitative estimate of drug-likeness (QED) is 0.515. The SMILES string of the molecule is Cc1cc(NC(=O)C2CCN(C(=O)/C=C/c3ccccc3)CC2)n(-c2cccc(C(F)(F)F)c2)n1. The summed E-state index contributed by atoms with van der Waals surface area (Å²) in [5, 5.41) is 7.07. The van der Waals surface area contributed by atoms with Gasteiger partial charge in [-0.15, -0.1) is 0 Å². The minimum Gasteiger partial charge on any atom is -0.339 e. The average molecular weight is 483 g/mol. The fraction of sp³-hybridized carbons (Fsp3) is 0.269. The number of piperidine rings is 1. The van der Waals surface area contributed by atoms with Gasteiger partial charge in [-0.25, -0.2) is 4.68 Å². The van der Waals surface area contributed by atoms with E-state index in [0.29, 0.717) is 37.4 Å². The van der Waals surface area contributed by atoms with Crippen molar-refractivity contribution < 1.29 is 22.8 Å². The second-order valence-electron chi connectivity index (χ2n) is 8.46. The third kappa shape index (κ3) is 5.98. The number of carbonyl (C=O) groups excluding carboxylic acids is 2. The number of aryl methyl sites for hydroxylation is 1. The van der Waals surface area contributed by atoms with Crippen molar-refractivity contribution in [3.05, 3.63) is 83.6 Å². The summed E-state index contributed by atoms with van der Waals surface area (Å²) in [6.45, 7) is 2.59. The number of amides is 2. The molecule has 0 saturated carbocycles. The molecule has 4 rings (SSSR count). The molecule has 0 radical (unpaired) electrons. The van der Waals surface area contributed by atoms with Gasteiger partial charge < -0.3 is 10.2 Å². The van der Waals surface area contributed by atoms with E-state index in [1.165, 1.54) is 22.9 Å². The number of anilines is 1. The van der Waals surface area contributed by atoms with Gasteiger partial charge in [-0.1, -0.05) is 36.4 Å². The maximum Gasteiger partial charge on any atom is 0.416 e.